The van der Waals surface area contributed by atoms with E-state index in [0.29, 0.717) is 13.0 Å². The summed E-state index contributed by atoms with van der Waals surface area (Å²) in [4.78, 5) is 10.3. The summed E-state index contributed by atoms with van der Waals surface area (Å²) in [5.41, 5.74) is 5.10. The molecule has 0 spiro atoms. The summed E-state index contributed by atoms with van der Waals surface area (Å²) in [6.45, 7) is -2.50. The molecule has 0 saturated carbocycles. The van der Waals surface area contributed by atoms with Gasteiger partial charge in [-0.1, -0.05) is 0 Å². The van der Waals surface area contributed by atoms with Crippen LogP contribution in [0, 0.1) is 0 Å². The maximum atomic E-state index is 11.7. The molecule has 0 aliphatic rings. The second-order valence-corrected chi connectivity index (χ2v) is 2.29. The molecule has 0 aromatic rings. The van der Waals surface area contributed by atoms with Crippen molar-refractivity contribution in [3.63, 3.8) is 0 Å². The largest absolute Gasteiger partial charge is 0.480 e. The lowest BCUT2D eigenvalue weighted by atomic mass is 10.1. The van der Waals surface area contributed by atoms with Gasteiger partial charge in [0.25, 0.3) is 6.55 Å². The highest BCUT2D eigenvalue weighted by Crippen LogP contribution is 1.99. The number of carbonyl (C=O) groups is 1. The molecule has 1 atom stereocenters. The van der Waals surface area contributed by atoms with E-state index in [2.05, 4.69) is 0 Å². The summed E-state index contributed by atoms with van der Waals surface area (Å²) in [5.74, 6) is -1.27. The zero-order valence-corrected chi connectivity index (χ0v) is 8.19. The zero-order chi connectivity index (χ0) is 9.56. The van der Waals surface area contributed by atoms with E-state index in [1.165, 1.54) is 0 Å². The molecular weight excluding hydrogens is 222 g/mol. The van der Waals surface area contributed by atoms with Crippen molar-refractivity contribution in [2.24, 2.45) is 5.73 Å². The number of carboxylic acids is 1. The van der Waals surface area contributed by atoms with Gasteiger partial charge < -0.3 is 16.3 Å². The van der Waals surface area contributed by atoms with Gasteiger partial charge in [0.1, 0.15) is 6.04 Å². The molecule has 0 rings (SSSR count). The van der Waals surface area contributed by atoms with Gasteiger partial charge in [-0.05, 0) is 19.4 Å². The summed E-state index contributed by atoms with van der Waals surface area (Å²) in [6.07, 6.45) is 0.535. The fourth-order valence-electron chi connectivity index (χ4n) is 0.752. The quantitative estimate of drug-likeness (QED) is 0.545. The van der Waals surface area contributed by atoms with Gasteiger partial charge in [-0.25, -0.2) is 5.32 Å². The Morgan fingerprint density at radius 3 is 2.29 bits per heavy atom. The predicted molar refractivity (Wildman–Crippen MR) is 49.7 cm³/mol. The molecular formula is C6H15ClF2N2O3. The van der Waals surface area contributed by atoms with Gasteiger partial charge in [-0.15, -0.1) is 12.4 Å². The lowest BCUT2D eigenvalue weighted by Crippen LogP contribution is -2.40. The Balaban J connectivity index is -0.000000605. The zero-order valence-electron chi connectivity index (χ0n) is 7.37. The fourth-order valence-corrected chi connectivity index (χ4v) is 0.752. The number of halogens is 3. The van der Waals surface area contributed by atoms with E-state index >= 15 is 0 Å². The van der Waals surface area contributed by atoms with E-state index in [0.717, 1.165) is 0 Å². The van der Waals surface area contributed by atoms with Crippen molar-refractivity contribution >= 4 is 18.4 Å². The molecule has 0 radical (unpaired) electrons. The normalized spacial score (nSPS) is 11.4. The van der Waals surface area contributed by atoms with Gasteiger partial charge in [0, 0.05) is 0 Å². The van der Waals surface area contributed by atoms with Crippen LogP contribution in [0.15, 0.2) is 0 Å². The second-order valence-electron chi connectivity index (χ2n) is 2.29. The fraction of sp³-hybridized carbons (Fsp3) is 0.833. The average Bonchev–Trinajstić information content (AvgIpc) is 1.96. The average molecular weight is 237 g/mol. The van der Waals surface area contributed by atoms with E-state index < -0.39 is 18.6 Å². The van der Waals surface area contributed by atoms with Crippen LogP contribution in [0.4, 0.5) is 8.78 Å². The van der Waals surface area contributed by atoms with Crippen LogP contribution < -0.4 is 11.1 Å². The van der Waals surface area contributed by atoms with E-state index in [1.807, 2.05) is 0 Å². The molecule has 0 aromatic carbocycles. The Bertz CT molecular complexity index is 151. The van der Waals surface area contributed by atoms with Gasteiger partial charge in [-0.2, -0.15) is 8.78 Å². The first-order chi connectivity index (χ1) is 5.57. The Morgan fingerprint density at radius 2 is 2.00 bits per heavy atom. The van der Waals surface area contributed by atoms with Crippen molar-refractivity contribution in [2.45, 2.75) is 25.4 Å². The Labute approximate surface area is 86.4 Å². The van der Waals surface area contributed by atoms with Crippen molar-refractivity contribution in [1.82, 2.24) is 5.32 Å². The summed E-state index contributed by atoms with van der Waals surface area (Å²) < 4.78 is 23.3. The first-order valence-corrected chi connectivity index (χ1v) is 3.55. The molecule has 0 heterocycles. The number of carboxylic acid groups (broad SMARTS) is 1. The van der Waals surface area contributed by atoms with E-state index in [-0.39, 0.29) is 24.3 Å². The number of nitrogens with one attached hydrogen (secondary N) is 1. The van der Waals surface area contributed by atoms with Crippen molar-refractivity contribution < 1.29 is 24.2 Å². The molecule has 14 heavy (non-hydrogen) atoms. The predicted octanol–water partition coefficient (Wildman–Crippen LogP) is -0.412. The topological polar surface area (TPSA) is 107 Å². The highest BCUT2D eigenvalue weighted by molar-refractivity contribution is 5.85. The Hall–Kier alpha value is -0.500. The number of hydrogen-bond acceptors (Lipinski definition) is 3. The van der Waals surface area contributed by atoms with Crippen LogP contribution in [0.1, 0.15) is 12.8 Å². The molecule has 0 aliphatic heterocycles. The molecule has 0 fully saturated rings. The SMILES string of the molecule is Cl.NCCC[C@H](NC(F)F)C(=O)O.O. The van der Waals surface area contributed by atoms with E-state index in [4.69, 9.17) is 10.8 Å². The van der Waals surface area contributed by atoms with Gasteiger partial charge in [0.15, 0.2) is 0 Å². The first-order valence-electron chi connectivity index (χ1n) is 3.55. The lowest BCUT2D eigenvalue weighted by molar-refractivity contribution is -0.141. The maximum absolute atomic E-state index is 11.7. The molecule has 0 saturated heterocycles. The van der Waals surface area contributed by atoms with Crippen LogP contribution in [-0.4, -0.2) is 35.7 Å². The van der Waals surface area contributed by atoms with Gasteiger partial charge in [0.05, 0.1) is 0 Å². The van der Waals surface area contributed by atoms with Crippen LogP contribution in [0.3, 0.4) is 0 Å². The second kappa shape index (κ2) is 10.6. The maximum Gasteiger partial charge on any atom is 0.320 e. The molecule has 0 amide bonds. The van der Waals surface area contributed by atoms with E-state index in [1.54, 1.807) is 5.32 Å². The minimum absolute atomic E-state index is 0. The molecule has 0 bridgehead atoms. The number of rotatable bonds is 6. The smallest absolute Gasteiger partial charge is 0.320 e. The van der Waals surface area contributed by atoms with Crippen LogP contribution in [-0.2, 0) is 4.79 Å². The molecule has 6 N–H and O–H groups in total. The number of hydrogen-bond donors (Lipinski definition) is 3. The van der Waals surface area contributed by atoms with Crippen molar-refractivity contribution in [2.75, 3.05) is 6.54 Å². The van der Waals surface area contributed by atoms with Gasteiger partial charge in [-0.3, -0.25) is 4.79 Å². The Morgan fingerprint density at radius 1 is 1.50 bits per heavy atom. The summed E-state index contributed by atoms with van der Waals surface area (Å²) in [5, 5.41) is 10.0. The third kappa shape index (κ3) is 9.59. The molecule has 0 aliphatic carbocycles. The van der Waals surface area contributed by atoms with Crippen LogP contribution >= 0.6 is 12.4 Å². The first kappa shape index (κ1) is 19.1. The number of alkyl halides is 2. The summed E-state index contributed by atoms with van der Waals surface area (Å²) >= 11 is 0. The van der Waals surface area contributed by atoms with Crippen LogP contribution in [0.25, 0.3) is 0 Å². The Kier molecular flexibility index (Phi) is 14.5. The molecule has 5 nitrogen and oxygen atoms in total. The molecule has 88 valence electrons. The minimum atomic E-state index is -2.80. The minimum Gasteiger partial charge on any atom is -0.480 e. The van der Waals surface area contributed by atoms with Crippen molar-refractivity contribution in [3.8, 4) is 0 Å². The van der Waals surface area contributed by atoms with Gasteiger partial charge >= 0.3 is 5.97 Å². The van der Waals surface area contributed by atoms with Crippen LogP contribution in [0.2, 0.25) is 0 Å². The van der Waals surface area contributed by atoms with Crippen molar-refractivity contribution in [3.05, 3.63) is 0 Å². The lowest BCUT2D eigenvalue weighted by Gasteiger charge is -2.12. The monoisotopic (exact) mass is 236 g/mol. The summed E-state index contributed by atoms with van der Waals surface area (Å²) in [6, 6.07) is -1.20. The number of nitrogens with two attached hydrogens (primary N) is 1. The summed E-state index contributed by atoms with van der Waals surface area (Å²) in [7, 11) is 0. The van der Waals surface area contributed by atoms with Gasteiger partial charge in [0.2, 0.25) is 0 Å². The molecule has 8 heteroatoms. The highest BCUT2D eigenvalue weighted by Gasteiger charge is 2.19. The van der Waals surface area contributed by atoms with E-state index in [9.17, 15) is 13.6 Å². The van der Waals surface area contributed by atoms with Crippen LogP contribution in [0.5, 0.6) is 0 Å². The third-order valence-corrected chi connectivity index (χ3v) is 1.32. The number of aliphatic carboxylic acids is 1. The molecule has 0 aromatic heterocycles. The third-order valence-electron chi connectivity index (χ3n) is 1.32. The standard InChI is InChI=1S/C6H12F2N2O2.ClH.H2O/c7-6(8)10-4(5(11)12)2-1-3-9;;/h4,6,10H,1-3,9H2,(H,11,12);1H;1H2/t4-;;/m0../s1. The van der Waals surface area contributed by atoms with Crippen molar-refractivity contribution in [1.29, 1.82) is 0 Å². The molecule has 0 unspecified atom stereocenters. The highest BCUT2D eigenvalue weighted by atomic mass is 35.5.